The molecule has 28 heavy (non-hydrogen) atoms. The highest BCUT2D eigenvalue weighted by Crippen LogP contribution is 2.21. The summed E-state index contributed by atoms with van der Waals surface area (Å²) in [6, 6.07) is 5.79. The van der Waals surface area contributed by atoms with Crippen LogP contribution < -0.4 is 5.32 Å². The summed E-state index contributed by atoms with van der Waals surface area (Å²) in [6.45, 7) is 6.25. The molecule has 0 aliphatic carbocycles. The molecule has 0 saturated carbocycles. The smallest absolute Gasteiger partial charge is 0.225 e. The number of benzene rings is 1. The van der Waals surface area contributed by atoms with Crippen molar-refractivity contribution in [1.82, 2.24) is 29.7 Å². The fraction of sp³-hybridized carbons (Fsp3) is 0.0526. The molecule has 3 aromatic heterocycles. The Hall–Kier alpha value is -3.88. The monoisotopic (exact) mass is 379 g/mol. The second-order valence-corrected chi connectivity index (χ2v) is 6.03. The van der Waals surface area contributed by atoms with E-state index in [1.54, 1.807) is 23.3 Å². The van der Waals surface area contributed by atoms with E-state index in [0.717, 1.165) is 22.7 Å². The number of imidazole rings is 1. The molecular weight excluding hydrogens is 364 g/mol. The number of anilines is 1. The van der Waals surface area contributed by atoms with Crippen LogP contribution in [0.2, 0.25) is 0 Å². The summed E-state index contributed by atoms with van der Waals surface area (Å²) in [7, 11) is 0. The summed E-state index contributed by atoms with van der Waals surface area (Å²) in [5.74, 6) is -1.28. The van der Waals surface area contributed by atoms with Gasteiger partial charge in [-0.25, -0.2) is 18.7 Å². The molecule has 0 fully saturated rings. The van der Waals surface area contributed by atoms with Crippen molar-refractivity contribution in [3.05, 3.63) is 73.4 Å². The maximum atomic E-state index is 13.4. The molecule has 140 valence electrons. The zero-order valence-electron chi connectivity index (χ0n) is 14.7. The molecule has 2 N–H and O–H groups in total. The van der Waals surface area contributed by atoms with Crippen LogP contribution >= 0.6 is 0 Å². The normalized spacial score (nSPS) is 11.9. The van der Waals surface area contributed by atoms with Gasteiger partial charge in [0, 0.05) is 17.5 Å². The largest absolute Gasteiger partial charge is 0.350 e. The lowest BCUT2D eigenvalue weighted by molar-refractivity contribution is 0.641. The lowest BCUT2D eigenvalue weighted by Crippen LogP contribution is -2.09. The van der Waals surface area contributed by atoms with Gasteiger partial charge in [-0.2, -0.15) is 10.1 Å². The molecular formula is C19H15F2N7. The van der Waals surface area contributed by atoms with Crippen LogP contribution in [-0.2, 0) is 0 Å². The number of fused-ring (bicyclic) bond motifs is 2. The van der Waals surface area contributed by atoms with Crippen LogP contribution in [0.1, 0.15) is 0 Å². The third-order valence-corrected chi connectivity index (χ3v) is 4.11. The van der Waals surface area contributed by atoms with Crippen LogP contribution in [0.25, 0.3) is 27.8 Å². The maximum absolute atomic E-state index is 13.4. The zero-order valence-corrected chi connectivity index (χ0v) is 14.7. The summed E-state index contributed by atoms with van der Waals surface area (Å²) in [5, 5.41) is 10.8. The van der Waals surface area contributed by atoms with Crippen molar-refractivity contribution in [2.45, 2.75) is 0 Å². The first-order valence-electron chi connectivity index (χ1n) is 8.28. The highest BCUT2D eigenvalue weighted by atomic mass is 19.1. The lowest BCUT2D eigenvalue weighted by Gasteiger charge is -2.08. The SMILES string of the molecule is C=C(F)/C=C(/CNc1ncc2ncn(-c3ccc4cn[nH]c4c3)c2n1)C(=C)F. The number of allylic oxidation sites excluding steroid dienone is 2. The van der Waals surface area contributed by atoms with Gasteiger partial charge in [0.15, 0.2) is 5.65 Å². The first-order chi connectivity index (χ1) is 13.5. The third kappa shape index (κ3) is 3.37. The van der Waals surface area contributed by atoms with Crippen LogP contribution in [0.3, 0.4) is 0 Å². The molecule has 9 heteroatoms. The molecule has 0 spiro atoms. The molecule has 3 heterocycles. The van der Waals surface area contributed by atoms with Crippen LogP contribution in [-0.4, -0.2) is 36.3 Å². The van der Waals surface area contributed by atoms with E-state index in [9.17, 15) is 8.78 Å². The van der Waals surface area contributed by atoms with E-state index in [-0.39, 0.29) is 18.1 Å². The minimum absolute atomic E-state index is 0.0226. The number of halogens is 2. The van der Waals surface area contributed by atoms with Gasteiger partial charge < -0.3 is 5.32 Å². The predicted octanol–water partition coefficient (Wildman–Crippen LogP) is 4.00. The van der Waals surface area contributed by atoms with Crippen molar-refractivity contribution in [3.63, 3.8) is 0 Å². The Labute approximate surface area is 158 Å². The molecule has 4 rings (SSSR count). The number of nitrogens with zero attached hydrogens (tertiary/aromatic N) is 5. The van der Waals surface area contributed by atoms with Crippen LogP contribution in [0.5, 0.6) is 0 Å². The Balaban J connectivity index is 1.66. The molecule has 0 atom stereocenters. The van der Waals surface area contributed by atoms with E-state index in [2.05, 4.69) is 43.6 Å². The second kappa shape index (κ2) is 7.03. The Morgan fingerprint density at radius 2 is 2.07 bits per heavy atom. The summed E-state index contributed by atoms with van der Waals surface area (Å²) in [6.07, 6.45) is 5.91. The minimum Gasteiger partial charge on any atom is -0.350 e. The minimum atomic E-state index is -0.765. The van der Waals surface area contributed by atoms with Crippen LogP contribution in [0, 0.1) is 0 Å². The average molecular weight is 379 g/mol. The summed E-state index contributed by atoms with van der Waals surface area (Å²) in [5.41, 5.74) is 2.91. The second-order valence-electron chi connectivity index (χ2n) is 6.03. The summed E-state index contributed by atoms with van der Waals surface area (Å²) >= 11 is 0. The van der Waals surface area contributed by atoms with Crippen molar-refractivity contribution in [2.75, 3.05) is 11.9 Å². The van der Waals surface area contributed by atoms with Gasteiger partial charge in [-0.05, 0) is 24.3 Å². The Bertz CT molecular complexity index is 1240. The topological polar surface area (TPSA) is 84.3 Å². The quantitative estimate of drug-likeness (QED) is 0.495. The number of nitrogens with one attached hydrogen (secondary N) is 2. The number of rotatable bonds is 6. The first-order valence-corrected chi connectivity index (χ1v) is 8.28. The Morgan fingerprint density at radius 3 is 2.86 bits per heavy atom. The van der Waals surface area contributed by atoms with Crippen molar-refractivity contribution < 1.29 is 8.78 Å². The molecule has 1 aromatic carbocycles. The fourth-order valence-electron chi connectivity index (χ4n) is 2.75. The molecule has 0 radical (unpaired) electrons. The zero-order chi connectivity index (χ0) is 19.7. The van der Waals surface area contributed by atoms with Crippen molar-refractivity contribution >= 4 is 28.0 Å². The van der Waals surface area contributed by atoms with Gasteiger partial charge in [-0.3, -0.25) is 9.67 Å². The average Bonchev–Trinajstić information content (AvgIpc) is 3.30. The lowest BCUT2D eigenvalue weighted by atomic mass is 10.2. The van der Waals surface area contributed by atoms with Gasteiger partial charge in [0.2, 0.25) is 5.95 Å². The molecule has 0 aliphatic heterocycles. The first kappa shape index (κ1) is 17.5. The van der Waals surface area contributed by atoms with Crippen LogP contribution in [0.4, 0.5) is 14.7 Å². The summed E-state index contributed by atoms with van der Waals surface area (Å²) in [4.78, 5) is 12.9. The van der Waals surface area contributed by atoms with Gasteiger partial charge in [-0.15, -0.1) is 0 Å². The molecule has 0 bridgehead atoms. The molecule has 4 aromatic rings. The number of H-pyrrole nitrogens is 1. The molecule has 0 aliphatic rings. The Morgan fingerprint density at radius 1 is 1.21 bits per heavy atom. The van der Waals surface area contributed by atoms with E-state index in [1.807, 2.05) is 18.2 Å². The van der Waals surface area contributed by atoms with Crippen molar-refractivity contribution in [2.24, 2.45) is 0 Å². The van der Waals surface area contributed by atoms with E-state index in [1.165, 1.54) is 0 Å². The standard InChI is InChI=1S/C19H15F2N7/c1-11(20)5-14(12(2)21)7-22-19-23-9-17-18(26-19)28(10-24-17)15-4-3-13-8-25-27-16(13)6-15/h3-6,8-10H,1-2,7H2,(H,25,27)(H,22,23,26)/b14-5-. The van der Waals surface area contributed by atoms with Crippen LogP contribution in [0.15, 0.2) is 73.4 Å². The molecule has 0 saturated heterocycles. The number of aromatic nitrogens is 6. The van der Waals surface area contributed by atoms with Gasteiger partial charge in [0.25, 0.3) is 0 Å². The van der Waals surface area contributed by atoms with Gasteiger partial charge in [0.1, 0.15) is 23.5 Å². The molecule has 0 unspecified atom stereocenters. The molecule has 7 nitrogen and oxygen atoms in total. The fourth-order valence-corrected chi connectivity index (χ4v) is 2.75. The molecule has 0 amide bonds. The van der Waals surface area contributed by atoms with Gasteiger partial charge >= 0.3 is 0 Å². The van der Waals surface area contributed by atoms with E-state index in [0.29, 0.717) is 11.2 Å². The van der Waals surface area contributed by atoms with Crippen molar-refractivity contribution in [1.29, 1.82) is 0 Å². The van der Waals surface area contributed by atoms with E-state index < -0.39 is 11.7 Å². The number of hydrogen-bond acceptors (Lipinski definition) is 5. The van der Waals surface area contributed by atoms with E-state index in [4.69, 9.17) is 0 Å². The Kier molecular flexibility index (Phi) is 4.40. The summed E-state index contributed by atoms with van der Waals surface area (Å²) < 4.78 is 28.2. The highest BCUT2D eigenvalue weighted by molar-refractivity contribution is 5.81. The third-order valence-electron chi connectivity index (χ3n) is 4.11. The number of aromatic amines is 1. The van der Waals surface area contributed by atoms with Gasteiger partial charge in [-0.1, -0.05) is 13.2 Å². The van der Waals surface area contributed by atoms with E-state index >= 15 is 0 Å². The maximum Gasteiger partial charge on any atom is 0.225 e. The van der Waals surface area contributed by atoms with Gasteiger partial charge in [0.05, 0.1) is 23.6 Å². The van der Waals surface area contributed by atoms with Crippen molar-refractivity contribution in [3.8, 4) is 5.69 Å². The highest BCUT2D eigenvalue weighted by Gasteiger charge is 2.10. The number of hydrogen-bond donors (Lipinski definition) is 2. The predicted molar refractivity (Wildman–Crippen MR) is 103 cm³/mol.